The number of hydrogen-bond donors (Lipinski definition) is 0. The third kappa shape index (κ3) is 5.11. The normalized spacial score (nSPS) is 10.6. The maximum absolute atomic E-state index is 12.4. The molecule has 4 nitrogen and oxygen atoms in total. The highest BCUT2D eigenvalue weighted by Gasteiger charge is 2.14. The average molecular weight is 312 g/mol. The maximum Gasteiger partial charge on any atom is 0.236 e. The van der Waals surface area contributed by atoms with Crippen molar-refractivity contribution in [3.63, 3.8) is 0 Å². The summed E-state index contributed by atoms with van der Waals surface area (Å²) in [5, 5.41) is 0. The number of nitrogens with zero attached hydrogens (tertiary/aromatic N) is 2. The Morgan fingerprint density at radius 3 is 2.30 bits per heavy atom. The Balaban J connectivity index is 1.89. The molecule has 4 heteroatoms. The minimum Gasteiger partial charge on any atom is -0.496 e. The fourth-order valence-electron chi connectivity index (χ4n) is 2.48. The fourth-order valence-corrected chi connectivity index (χ4v) is 2.48. The summed E-state index contributed by atoms with van der Waals surface area (Å²) in [4.78, 5) is 16.2. The van der Waals surface area contributed by atoms with Crippen LogP contribution < -0.4 is 4.74 Å². The average Bonchev–Trinajstić information content (AvgIpc) is 2.56. The van der Waals surface area contributed by atoms with Crippen LogP contribution in [0.2, 0.25) is 0 Å². The van der Waals surface area contributed by atoms with Crippen molar-refractivity contribution in [2.24, 2.45) is 0 Å². The van der Waals surface area contributed by atoms with Gasteiger partial charge in [0.1, 0.15) is 5.75 Å². The van der Waals surface area contributed by atoms with Gasteiger partial charge in [-0.1, -0.05) is 48.5 Å². The fraction of sp³-hybridized carbons (Fsp3) is 0.316. The van der Waals surface area contributed by atoms with Gasteiger partial charge in [0, 0.05) is 25.7 Å². The lowest BCUT2D eigenvalue weighted by Crippen LogP contribution is -2.36. The van der Waals surface area contributed by atoms with Crippen molar-refractivity contribution in [1.82, 2.24) is 9.80 Å². The summed E-state index contributed by atoms with van der Waals surface area (Å²) in [6.45, 7) is 1.69. The van der Waals surface area contributed by atoms with Crippen molar-refractivity contribution in [2.75, 3.05) is 27.7 Å². The molecule has 0 N–H and O–H groups in total. The summed E-state index contributed by atoms with van der Waals surface area (Å²) in [6.07, 6.45) is 0. The summed E-state index contributed by atoms with van der Waals surface area (Å²) < 4.78 is 5.34. The first kappa shape index (κ1) is 17.0. The second-order valence-electron chi connectivity index (χ2n) is 5.72. The van der Waals surface area contributed by atoms with Crippen LogP contribution in [0, 0.1) is 0 Å². The van der Waals surface area contributed by atoms with E-state index in [4.69, 9.17) is 4.74 Å². The van der Waals surface area contributed by atoms with Gasteiger partial charge in [-0.3, -0.25) is 9.69 Å². The minimum atomic E-state index is 0.0920. The molecule has 0 bridgehead atoms. The van der Waals surface area contributed by atoms with Crippen LogP contribution in [0.25, 0.3) is 0 Å². The van der Waals surface area contributed by atoms with E-state index in [1.165, 1.54) is 5.56 Å². The van der Waals surface area contributed by atoms with Gasteiger partial charge >= 0.3 is 0 Å². The van der Waals surface area contributed by atoms with Gasteiger partial charge in [0.15, 0.2) is 0 Å². The van der Waals surface area contributed by atoms with Crippen LogP contribution in [0.1, 0.15) is 11.1 Å². The quantitative estimate of drug-likeness (QED) is 0.788. The molecule has 0 atom stereocenters. The largest absolute Gasteiger partial charge is 0.496 e. The molecule has 0 radical (unpaired) electrons. The second-order valence-corrected chi connectivity index (χ2v) is 5.72. The van der Waals surface area contributed by atoms with Crippen molar-refractivity contribution in [1.29, 1.82) is 0 Å². The van der Waals surface area contributed by atoms with E-state index in [0.29, 0.717) is 13.1 Å². The first-order chi connectivity index (χ1) is 11.1. The van der Waals surface area contributed by atoms with Crippen LogP contribution in [0.5, 0.6) is 5.75 Å². The third-order valence-corrected chi connectivity index (χ3v) is 3.73. The molecule has 0 unspecified atom stereocenters. The predicted octanol–water partition coefficient (Wildman–Crippen LogP) is 2.79. The van der Waals surface area contributed by atoms with Crippen LogP contribution in [0.15, 0.2) is 54.6 Å². The standard InChI is InChI=1S/C19H24N2O2/c1-20(13-16-9-5-4-6-10-16)15-19(22)21(2)14-17-11-7-8-12-18(17)23-3/h4-12H,13-15H2,1-3H3. The van der Waals surface area contributed by atoms with Gasteiger partial charge in [0.05, 0.1) is 13.7 Å². The number of amides is 1. The monoisotopic (exact) mass is 312 g/mol. The lowest BCUT2D eigenvalue weighted by Gasteiger charge is -2.22. The van der Waals surface area contributed by atoms with E-state index in [2.05, 4.69) is 12.1 Å². The Morgan fingerprint density at radius 2 is 1.61 bits per heavy atom. The molecule has 0 heterocycles. The zero-order valence-electron chi connectivity index (χ0n) is 14.0. The molecule has 0 saturated heterocycles. The van der Waals surface area contributed by atoms with Crippen LogP contribution in [-0.4, -0.2) is 43.5 Å². The van der Waals surface area contributed by atoms with E-state index >= 15 is 0 Å². The summed E-state index contributed by atoms with van der Waals surface area (Å²) in [6, 6.07) is 17.9. The third-order valence-electron chi connectivity index (χ3n) is 3.73. The summed E-state index contributed by atoms with van der Waals surface area (Å²) >= 11 is 0. The molecule has 0 fully saturated rings. The lowest BCUT2D eigenvalue weighted by atomic mass is 10.2. The van der Waals surface area contributed by atoms with E-state index in [1.54, 1.807) is 12.0 Å². The SMILES string of the molecule is COc1ccccc1CN(C)C(=O)CN(C)Cc1ccccc1. The molecule has 0 aromatic heterocycles. The summed E-state index contributed by atoms with van der Waals surface area (Å²) in [5.74, 6) is 0.902. The van der Waals surface area contributed by atoms with Gasteiger partial charge in [-0.2, -0.15) is 0 Å². The molecule has 2 rings (SSSR count). The Labute approximate surface area is 138 Å². The molecule has 0 aliphatic rings. The highest BCUT2D eigenvalue weighted by molar-refractivity contribution is 5.78. The number of ether oxygens (including phenoxy) is 1. The zero-order chi connectivity index (χ0) is 16.7. The van der Waals surface area contributed by atoms with Crippen LogP contribution in [0.4, 0.5) is 0 Å². The van der Waals surface area contributed by atoms with Crippen molar-refractivity contribution in [3.05, 3.63) is 65.7 Å². The van der Waals surface area contributed by atoms with Crippen molar-refractivity contribution in [2.45, 2.75) is 13.1 Å². The number of hydrogen-bond acceptors (Lipinski definition) is 3. The first-order valence-electron chi connectivity index (χ1n) is 7.68. The number of para-hydroxylation sites is 1. The second kappa shape index (κ2) is 8.34. The highest BCUT2D eigenvalue weighted by Crippen LogP contribution is 2.18. The highest BCUT2D eigenvalue weighted by atomic mass is 16.5. The molecule has 0 aliphatic heterocycles. The lowest BCUT2D eigenvalue weighted by molar-refractivity contribution is -0.131. The van der Waals surface area contributed by atoms with Crippen LogP contribution >= 0.6 is 0 Å². The van der Waals surface area contributed by atoms with Gasteiger partial charge in [-0.15, -0.1) is 0 Å². The van der Waals surface area contributed by atoms with E-state index < -0.39 is 0 Å². The first-order valence-corrected chi connectivity index (χ1v) is 7.68. The Morgan fingerprint density at radius 1 is 0.957 bits per heavy atom. The van der Waals surface area contributed by atoms with Crippen LogP contribution in [0.3, 0.4) is 0 Å². The van der Waals surface area contributed by atoms with Gasteiger partial charge in [-0.05, 0) is 18.7 Å². The van der Waals surface area contributed by atoms with Gasteiger partial charge in [0.25, 0.3) is 0 Å². The molecule has 2 aromatic carbocycles. The summed E-state index contributed by atoms with van der Waals surface area (Å²) in [7, 11) is 5.43. The van der Waals surface area contributed by atoms with Gasteiger partial charge in [-0.25, -0.2) is 0 Å². The molecular weight excluding hydrogens is 288 g/mol. The van der Waals surface area contributed by atoms with Crippen molar-refractivity contribution >= 4 is 5.91 Å². The van der Waals surface area contributed by atoms with Crippen molar-refractivity contribution in [3.8, 4) is 5.75 Å². The molecule has 2 aromatic rings. The maximum atomic E-state index is 12.4. The molecule has 0 spiro atoms. The molecule has 0 aliphatic carbocycles. The number of carbonyl (C=O) groups excluding carboxylic acids is 1. The number of benzene rings is 2. The molecule has 0 saturated carbocycles. The number of likely N-dealkylation sites (N-methyl/N-ethyl adjacent to an activating group) is 2. The van der Waals surface area contributed by atoms with E-state index in [0.717, 1.165) is 17.9 Å². The molecule has 1 amide bonds. The Hall–Kier alpha value is -2.33. The number of carbonyl (C=O) groups is 1. The predicted molar refractivity (Wildman–Crippen MR) is 92.2 cm³/mol. The van der Waals surface area contributed by atoms with E-state index in [9.17, 15) is 4.79 Å². The van der Waals surface area contributed by atoms with Crippen molar-refractivity contribution < 1.29 is 9.53 Å². The number of methoxy groups -OCH3 is 1. The summed E-state index contributed by atoms with van der Waals surface area (Å²) in [5.41, 5.74) is 2.21. The molecule has 122 valence electrons. The molecule has 23 heavy (non-hydrogen) atoms. The smallest absolute Gasteiger partial charge is 0.236 e. The number of rotatable bonds is 7. The zero-order valence-corrected chi connectivity index (χ0v) is 14.0. The van der Waals surface area contributed by atoms with E-state index in [-0.39, 0.29) is 5.91 Å². The van der Waals surface area contributed by atoms with Gasteiger partial charge < -0.3 is 9.64 Å². The van der Waals surface area contributed by atoms with Gasteiger partial charge in [0.2, 0.25) is 5.91 Å². The van der Waals surface area contributed by atoms with E-state index in [1.807, 2.05) is 61.5 Å². The topological polar surface area (TPSA) is 32.8 Å². The molecular formula is C19H24N2O2. The Kier molecular flexibility index (Phi) is 6.18. The minimum absolute atomic E-state index is 0.0920. The van der Waals surface area contributed by atoms with Crippen LogP contribution in [-0.2, 0) is 17.9 Å². The Bertz CT molecular complexity index is 628.